The largest absolute Gasteiger partial charge is 0.396 e. The van der Waals surface area contributed by atoms with Crippen LogP contribution in [0.3, 0.4) is 0 Å². The summed E-state index contributed by atoms with van der Waals surface area (Å²) in [6.45, 7) is 4.23. The number of aliphatic hydroxyl groups is 1. The molecular formula is C19H22FNO2. The van der Waals surface area contributed by atoms with Gasteiger partial charge in [0.15, 0.2) is 0 Å². The third-order valence-electron chi connectivity index (χ3n) is 4.52. The molecule has 0 bridgehead atoms. The second kappa shape index (κ2) is 6.79. The van der Waals surface area contributed by atoms with Crippen molar-refractivity contribution in [2.75, 3.05) is 26.4 Å². The lowest BCUT2D eigenvalue weighted by atomic mass is 9.86. The molecule has 2 aromatic carbocycles. The molecule has 3 rings (SSSR count). The fourth-order valence-electron chi connectivity index (χ4n) is 2.73. The van der Waals surface area contributed by atoms with Crippen LogP contribution in [0, 0.1) is 11.2 Å². The average Bonchev–Trinajstić information content (AvgIpc) is 2.55. The first kappa shape index (κ1) is 16.1. The fraction of sp³-hybridized carbons (Fsp3) is 0.368. The molecule has 4 heteroatoms. The summed E-state index contributed by atoms with van der Waals surface area (Å²) in [6, 6.07) is 15.0. The Morgan fingerprint density at radius 1 is 1.09 bits per heavy atom. The Labute approximate surface area is 136 Å². The minimum Gasteiger partial charge on any atom is -0.396 e. The first-order valence-corrected chi connectivity index (χ1v) is 7.90. The van der Waals surface area contributed by atoms with Crippen molar-refractivity contribution in [2.24, 2.45) is 5.41 Å². The molecular weight excluding hydrogens is 293 g/mol. The van der Waals surface area contributed by atoms with Gasteiger partial charge in [-0.1, -0.05) is 36.4 Å². The lowest BCUT2D eigenvalue weighted by Crippen LogP contribution is -2.52. The highest BCUT2D eigenvalue weighted by Gasteiger charge is 2.37. The van der Waals surface area contributed by atoms with E-state index in [-0.39, 0.29) is 23.9 Å². The zero-order chi connectivity index (χ0) is 16.3. The molecule has 0 amide bonds. The Kier molecular flexibility index (Phi) is 4.76. The monoisotopic (exact) mass is 315 g/mol. The van der Waals surface area contributed by atoms with Crippen LogP contribution < -0.4 is 5.32 Å². The molecule has 23 heavy (non-hydrogen) atoms. The van der Waals surface area contributed by atoms with Gasteiger partial charge in [0, 0.05) is 12.6 Å². The third kappa shape index (κ3) is 3.61. The molecule has 0 saturated carbocycles. The Morgan fingerprint density at radius 3 is 2.13 bits per heavy atom. The van der Waals surface area contributed by atoms with Gasteiger partial charge in [-0.3, -0.25) is 0 Å². The van der Waals surface area contributed by atoms with Crippen molar-refractivity contribution in [3.05, 3.63) is 59.9 Å². The van der Waals surface area contributed by atoms with Crippen molar-refractivity contribution in [3.8, 4) is 11.1 Å². The Bertz CT molecular complexity index is 630. The number of aliphatic hydroxyl groups excluding tert-OH is 1. The molecule has 0 radical (unpaired) electrons. The number of halogens is 1. The first-order chi connectivity index (χ1) is 11.1. The van der Waals surface area contributed by atoms with Crippen molar-refractivity contribution in [3.63, 3.8) is 0 Å². The Hall–Kier alpha value is -1.75. The second-order valence-electron chi connectivity index (χ2n) is 6.38. The zero-order valence-electron chi connectivity index (χ0n) is 13.3. The van der Waals surface area contributed by atoms with Gasteiger partial charge in [-0.05, 0) is 35.7 Å². The summed E-state index contributed by atoms with van der Waals surface area (Å²) in [4.78, 5) is 0. The summed E-state index contributed by atoms with van der Waals surface area (Å²) in [5.41, 5.74) is 3.14. The van der Waals surface area contributed by atoms with E-state index < -0.39 is 0 Å². The van der Waals surface area contributed by atoms with Gasteiger partial charge in [-0.15, -0.1) is 0 Å². The van der Waals surface area contributed by atoms with E-state index in [9.17, 15) is 9.50 Å². The van der Waals surface area contributed by atoms with E-state index in [4.69, 9.17) is 4.74 Å². The Morgan fingerprint density at radius 2 is 1.65 bits per heavy atom. The van der Waals surface area contributed by atoms with Crippen LogP contribution in [-0.4, -0.2) is 31.5 Å². The standard InChI is InChI=1S/C19H22FNO2/c1-14(21-10-19(11-22)12-23-13-19)15-2-4-16(5-3-15)17-6-8-18(20)9-7-17/h2-9,14,21-22H,10-13H2,1H3. The molecule has 2 aromatic rings. The smallest absolute Gasteiger partial charge is 0.123 e. The topological polar surface area (TPSA) is 41.5 Å². The molecule has 1 unspecified atom stereocenters. The van der Waals surface area contributed by atoms with Crippen LogP contribution >= 0.6 is 0 Å². The predicted octanol–water partition coefficient (Wildman–Crippen LogP) is 3.15. The summed E-state index contributed by atoms with van der Waals surface area (Å²) in [5.74, 6) is -0.221. The zero-order valence-corrected chi connectivity index (χ0v) is 13.3. The van der Waals surface area contributed by atoms with Crippen LogP contribution in [-0.2, 0) is 4.74 Å². The van der Waals surface area contributed by atoms with Gasteiger partial charge in [0.25, 0.3) is 0 Å². The summed E-state index contributed by atoms with van der Waals surface area (Å²) in [7, 11) is 0. The van der Waals surface area contributed by atoms with Crippen LogP contribution in [0.25, 0.3) is 11.1 Å². The van der Waals surface area contributed by atoms with Crippen molar-refractivity contribution < 1.29 is 14.2 Å². The Balaban J connectivity index is 1.63. The average molecular weight is 315 g/mol. The quantitative estimate of drug-likeness (QED) is 0.860. The molecule has 1 saturated heterocycles. The van der Waals surface area contributed by atoms with E-state index in [0.717, 1.165) is 17.7 Å². The van der Waals surface area contributed by atoms with Crippen molar-refractivity contribution >= 4 is 0 Å². The third-order valence-corrected chi connectivity index (χ3v) is 4.52. The van der Waals surface area contributed by atoms with Gasteiger partial charge in [-0.2, -0.15) is 0 Å². The molecule has 1 aliphatic rings. The molecule has 0 spiro atoms. The van der Waals surface area contributed by atoms with Crippen LogP contribution in [0.4, 0.5) is 4.39 Å². The molecule has 1 aliphatic heterocycles. The lowest BCUT2D eigenvalue weighted by Gasteiger charge is -2.40. The molecule has 0 aromatic heterocycles. The maximum Gasteiger partial charge on any atom is 0.123 e. The number of ether oxygens (including phenoxy) is 1. The fourth-order valence-corrected chi connectivity index (χ4v) is 2.73. The van der Waals surface area contributed by atoms with Crippen LogP contribution in [0.2, 0.25) is 0 Å². The minimum atomic E-state index is -0.221. The van der Waals surface area contributed by atoms with Gasteiger partial charge in [0.1, 0.15) is 5.82 Å². The van der Waals surface area contributed by atoms with Gasteiger partial charge >= 0.3 is 0 Å². The SMILES string of the molecule is CC(NCC1(CO)COC1)c1ccc(-c2ccc(F)cc2)cc1. The molecule has 3 nitrogen and oxygen atoms in total. The van der Waals surface area contributed by atoms with E-state index in [2.05, 4.69) is 36.5 Å². The van der Waals surface area contributed by atoms with Crippen molar-refractivity contribution in [1.82, 2.24) is 5.32 Å². The van der Waals surface area contributed by atoms with Gasteiger partial charge < -0.3 is 15.2 Å². The van der Waals surface area contributed by atoms with Crippen LogP contribution in [0.15, 0.2) is 48.5 Å². The number of benzene rings is 2. The van der Waals surface area contributed by atoms with Crippen LogP contribution in [0.5, 0.6) is 0 Å². The van der Waals surface area contributed by atoms with Gasteiger partial charge in [0.2, 0.25) is 0 Å². The summed E-state index contributed by atoms with van der Waals surface area (Å²) in [5, 5.41) is 12.9. The van der Waals surface area contributed by atoms with Crippen molar-refractivity contribution in [1.29, 1.82) is 0 Å². The van der Waals surface area contributed by atoms with E-state index in [1.54, 1.807) is 12.1 Å². The molecule has 1 atom stereocenters. The highest BCUT2D eigenvalue weighted by molar-refractivity contribution is 5.63. The molecule has 0 aliphatic carbocycles. The number of hydrogen-bond donors (Lipinski definition) is 2. The van der Waals surface area contributed by atoms with E-state index >= 15 is 0 Å². The normalized spacial score (nSPS) is 17.5. The molecule has 2 N–H and O–H groups in total. The summed E-state index contributed by atoms with van der Waals surface area (Å²) < 4.78 is 18.2. The predicted molar refractivity (Wildman–Crippen MR) is 88.6 cm³/mol. The number of hydrogen-bond acceptors (Lipinski definition) is 3. The van der Waals surface area contributed by atoms with E-state index in [1.165, 1.54) is 17.7 Å². The molecule has 1 fully saturated rings. The van der Waals surface area contributed by atoms with Crippen molar-refractivity contribution in [2.45, 2.75) is 13.0 Å². The summed E-state index contributed by atoms with van der Waals surface area (Å²) in [6.07, 6.45) is 0. The maximum absolute atomic E-state index is 13.0. The lowest BCUT2D eigenvalue weighted by molar-refractivity contribution is -0.135. The molecule has 122 valence electrons. The van der Waals surface area contributed by atoms with Gasteiger partial charge in [-0.25, -0.2) is 4.39 Å². The second-order valence-corrected chi connectivity index (χ2v) is 6.38. The maximum atomic E-state index is 13.0. The first-order valence-electron chi connectivity index (χ1n) is 7.90. The highest BCUT2D eigenvalue weighted by atomic mass is 19.1. The van der Waals surface area contributed by atoms with E-state index in [1.807, 2.05) is 0 Å². The molecule has 1 heterocycles. The van der Waals surface area contributed by atoms with Crippen LogP contribution in [0.1, 0.15) is 18.5 Å². The van der Waals surface area contributed by atoms with Gasteiger partial charge in [0.05, 0.1) is 25.2 Å². The number of nitrogens with one attached hydrogen (secondary N) is 1. The highest BCUT2D eigenvalue weighted by Crippen LogP contribution is 2.27. The van der Waals surface area contributed by atoms with E-state index in [0.29, 0.717) is 13.2 Å². The summed E-state index contributed by atoms with van der Waals surface area (Å²) >= 11 is 0. The minimum absolute atomic E-state index is 0.123. The number of rotatable bonds is 6.